The maximum absolute atomic E-state index is 12.7. The number of ether oxygens (including phenoxy) is 11. The number of nitrogens with zero attached hydrogens (tertiary/aromatic N) is 4. The van der Waals surface area contributed by atoms with Crippen molar-refractivity contribution in [3.63, 3.8) is 0 Å². The summed E-state index contributed by atoms with van der Waals surface area (Å²) in [6, 6.07) is 0. The number of likely N-dealkylation sites (tertiary alicyclic amines) is 1. The molecule has 2 amide bonds. The fraction of sp³-hybridized carbons (Fsp3) is 0.897. The summed E-state index contributed by atoms with van der Waals surface area (Å²) in [6.45, 7) is 24.4. The van der Waals surface area contributed by atoms with E-state index in [0.717, 1.165) is 13.0 Å². The Bertz CT molecular complexity index is 1130. The summed E-state index contributed by atoms with van der Waals surface area (Å²) in [5, 5.41) is 8.18. The lowest BCUT2D eigenvalue weighted by molar-refractivity contribution is -0.141. The van der Waals surface area contributed by atoms with E-state index >= 15 is 0 Å². The average Bonchev–Trinajstić information content (AvgIpc) is 3.72. The molecule has 326 valence electrons. The molecule has 1 aliphatic rings. The maximum atomic E-state index is 12.7. The molecule has 1 fully saturated rings. The molecule has 2 heterocycles. The van der Waals surface area contributed by atoms with Crippen LogP contribution in [0.4, 0.5) is 0 Å². The number of hydrogen-bond acceptors (Lipinski definition) is 15. The minimum Gasteiger partial charge on any atom is -0.379 e. The zero-order valence-corrected chi connectivity index (χ0v) is 35.1. The Morgan fingerprint density at radius 2 is 0.875 bits per heavy atom. The van der Waals surface area contributed by atoms with Crippen LogP contribution >= 0.6 is 0 Å². The number of carbonyl (C=O) groups excluding carboxylic acids is 2. The Morgan fingerprint density at radius 1 is 0.536 bits per heavy atom. The zero-order valence-electron chi connectivity index (χ0n) is 35.1. The summed E-state index contributed by atoms with van der Waals surface area (Å²) >= 11 is 0. The van der Waals surface area contributed by atoms with E-state index in [9.17, 15) is 9.59 Å². The number of amides is 2. The molecule has 1 aromatic heterocycles. The highest BCUT2D eigenvalue weighted by Crippen LogP contribution is 2.35. The van der Waals surface area contributed by atoms with Crippen molar-refractivity contribution >= 4 is 11.8 Å². The monoisotopic (exact) mass is 805 g/mol. The first-order valence-electron chi connectivity index (χ1n) is 20.1. The van der Waals surface area contributed by atoms with Gasteiger partial charge in [-0.15, -0.1) is 5.10 Å². The molecule has 0 aromatic carbocycles. The number of carbonyl (C=O) groups is 2. The first-order chi connectivity index (χ1) is 27.0. The van der Waals surface area contributed by atoms with Crippen LogP contribution in [0.3, 0.4) is 0 Å². The number of imide groups is 1. The lowest BCUT2D eigenvalue weighted by Gasteiger charge is -2.24. The van der Waals surface area contributed by atoms with Crippen molar-refractivity contribution in [3.05, 3.63) is 11.9 Å². The largest absolute Gasteiger partial charge is 0.379 e. The van der Waals surface area contributed by atoms with E-state index in [1.54, 1.807) is 10.9 Å². The molecule has 0 spiro atoms. The molecule has 1 aliphatic heterocycles. The fourth-order valence-corrected chi connectivity index (χ4v) is 5.05. The quantitative estimate of drug-likeness (QED) is 0.0711. The Balaban J connectivity index is 1.22. The fourth-order valence-electron chi connectivity index (χ4n) is 5.05. The van der Waals surface area contributed by atoms with Crippen LogP contribution in [0.2, 0.25) is 0 Å². The highest BCUT2D eigenvalue weighted by atomic mass is 16.6. The van der Waals surface area contributed by atoms with E-state index in [1.165, 1.54) is 4.90 Å². The molecular weight excluding hydrogens is 732 g/mol. The van der Waals surface area contributed by atoms with Crippen molar-refractivity contribution < 1.29 is 61.7 Å². The van der Waals surface area contributed by atoms with Gasteiger partial charge in [0.2, 0.25) is 11.8 Å². The SMILES string of the molecule is CC(C)(C)CCOCCOCCOCCOCCOCCOCCOCCOCCOCCOCCOCCn1cc(CN2C(=O)CC(C(C)(C)C)C2=O)nn1. The van der Waals surface area contributed by atoms with Crippen LogP contribution in [0, 0.1) is 16.7 Å². The van der Waals surface area contributed by atoms with Gasteiger partial charge in [-0.3, -0.25) is 14.5 Å². The van der Waals surface area contributed by atoms with E-state index in [2.05, 4.69) is 31.1 Å². The second kappa shape index (κ2) is 30.9. The second-order valence-electron chi connectivity index (χ2n) is 15.5. The van der Waals surface area contributed by atoms with Gasteiger partial charge < -0.3 is 52.1 Å². The Labute approximate surface area is 334 Å². The van der Waals surface area contributed by atoms with Crippen molar-refractivity contribution in [1.29, 1.82) is 0 Å². The molecule has 0 N–H and O–H groups in total. The zero-order chi connectivity index (χ0) is 40.7. The smallest absolute Gasteiger partial charge is 0.233 e. The first kappa shape index (κ1) is 50.0. The van der Waals surface area contributed by atoms with Crippen LogP contribution in [0.5, 0.6) is 0 Å². The van der Waals surface area contributed by atoms with Crippen LogP contribution in [-0.4, -0.2) is 177 Å². The van der Waals surface area contributed by atoms with Crippen LogP contribution < -0.4 is 0 Å². The molecule has 56 heavy (non-hydrogen) atoms. The predicted molar refractivity (Wildman–Crippen MR) is 206 cm³/mol. The lowest BCUT2D eigenvalue weighted by atomic mass is 9.80. The van der Waals surface area contributed by atoms with Gasteiger partial charge in [-0.05, 0) is 17.3 Å². The van der Waals surface area contributed by atoms with Gasteiger partial charge in [0.05, 0.1) is 164 Å². The van der Waals surface area contributed by atoms with E-state index in [4.69, 9.17) is 52.1 Å². The van der Waals surface area contributed by atoms with E-state index in [0.29, 0.717) is 156 Å². The summed E-state index contributed by atoms with van der Waals surface area (Å²) in [5.41, 5.74) is 0.607. The summed E-state index contributed by atoms with van der Waals surface area (Å²) in [6.07, 6.45) is 3.01. The summed E-state index contributed by atoms with van der Waals surface area (Å²) < 4.78 is 62.3. The van der Waals surface area contributed by atoms with Gasteiger partial charge in [0.25, 0.3) is 0 Å². The summed E-state index contributed by atoms with van der Waals surface area (Å²) in [5.74, 6) is -0.610. The van der Waals surface area contributed by atoms with Gasteiger partial charge in [-0.2, -0.15) is 0 Å². The minimum absolute atomic E-state index is 0.138. The first-order valence-corrected chi connectivity index (χ1v) is 20.1. The third-order valence-corrected chi connectivity index (χ3v) is 8.38. The molecule has 1 atom stereocenters. The Hall–Kier alpha value is -2.16. The number of rotatable bonds is 37. The van der Waals surface area contributed by atoms with Gasteiger partial charge in [0.1, 0.15) is 5.69 Å². The molecule has 1 unspecified atom stereocenters. The topological polar surface area (TPSA) is 170 Å². The molecule has 17 heteroatoms. The lowest BCUT2D eigenvalue weighted by Crippen LogP contribution is -2.33. The third kappa shape index (κ3) is 26.0. The normalized spacial score (nSPS) is 15.2. The van der Waals surface area contributed by atoms with Gasteiger partial charge in [0, 0.05) is 13.0 Å². The Kier molecular flexibility index (Phi) is 27.5. The molecule has 0 aliphatic carbocycles. The molecular formula is C39H72N4O13. The number of hydrogen-bond donors (Lipinski definition) is 0. The molecule has 0 radical (unpaired) electrons. The molecule has 0 bridgehead atoms. The van der Waals surface area contributed by atoms with E-state index < -0.39 is 0 Å². The predicted octanol–water partition coefficient (Wildman–Crippen LogP) is 2.82. The molecule has 0 saturated carbocycles. The molecule has 1 saturated heterocycles. The van der Waals surface area contributed by atoms with Crippen molar-refractivity contribution in [3.8, 4) is 0 Å². The van der Waals surface area contributed by atoms with Crippen molar-refractivity contribution in [1.82, 2.24) is 19.9 Å². The van der Waals surface area contributed by atoms with Crippen LogP contribution in [0.15, 0.2) is 6.20 Å². The molecule has 17 nitrogen and oxygen atoms in total. The van der Waals surface area contributed by atoms with Crippen molar-refractivity contribution in [2.75, 3.05) is 145 Å². The molecule has 1 aromatic rings. The van der Waals surface area contributed by atoms with Gasteiger partial charge in [0.15, 0.2) is 0 Å². The highest BCUT2D eigenvalue weighted by Gasteiger charge is 2.44. The summed E-state index contributed by atoms with van der Waals surface area (Å²) in [4.78, 5) is 26.4. The maximum Gasteiger partial charge on any atom is 0.233 e. The van der Waals surface area contributed by atoms with Crippen LogP contribution in [-0.2, 0) is 74.8 Å². The molecule has 2 rings (SSSR count). The third-order valence-electron chi connectivity index (χ3n) is 8.38. The van der Waals surface area contributed by atoms with Crippen molar-refractivity contribution in [2.45, 2.75) is 67.5 Å². The average molecular weight is 805 g/mol. The van der Waals surface area contributed by atoms with Gasteiger partial charge in [-0.25, -0.2) is 4.68 Å². The number of aromatic nitrogens is 3. The standard InChI is InChI=1S/C39H72N4O13/c1-38(2,3)7-9-46-11-13-48-15-17-50-19-21-52-23-25-54-27-29-56-30-28-55-26-24-53-22-20-51-18-16-49-14-12-47-10-8-42-32-34(40-41-42)33-43-36(44)31-35(37(43)45)39(4,5)6/h32,35H,7-31,33H2,1-6H3. The van der Waals surface area contributed by atoms with Crippen molar-refractivity contribution in [2.24, 2.45) is 16.7 Å². The van der Waals surface area contributed by atoms with E-state index in [-0.39, 0.29) is 36.1 Å². The summed E-state index contributed by atoms with van der Waals surface area (Å²) in [7, 11) is 0. The second-order valence-corrected chi connectivity index (χ2v) is 15.5. The van der Waals surface area contributed by atoms with E-state index in [1.807, 2.05) is 20.8 Å². The highest BCUT2D eigenvalue weighted by molar-refractivity contribution is 6.03. The van der Waals surface area contributed by atoms with Crippen LogP contribution in [0.1, 0.15) is 60.1 Å². The minimum atomic E-state index is -0.305. The van der Waals surface area contributed by atoms with Gasteiger partial charge >= 0.3 is 0 Å². The van der Waals surface area contributed by atoms with Crippen LogP contribution in [0.25, 0.3) is 0 Å². The Morgan fingerprint density at radius 3 is 1.20 bits per heavy atom. The van der Waals surface area contributed by atoms with Gasteiger partial charge in [-0.1, -0.05) is 46.8 Å².